The van der Waals surface area contributed by atoms with Crippen molar-refractivity contribution < 1.29 is 14.0 Å². The molecule has 190 valence electrons. The van der Waals surface area contributed by atoms with Crippen molar-refractivity contribution in [3.05, 3.63) is 101 Å². The molecule has 6 heteroatoms. The van der Waals surface area contributed by atoms with Crippen molar-refractivity contribution >= 4 is 17.5 Å². The number of fused-ring (bicyclic) bond motifs is 3. The lowest BCUT2D eigenvalue weighted by Crippen LogP contribution is -2.50. The topological polar surface area (TPSA) is 61.4 Å². The van der Waals surface area contributed by atoms with E-state index in [0.29, 0.717) is 17.8 Å². The molecule has 2 fully saturated rings. The molecule has 5 atom stereocenters. The van der Waals surface area contributed by atoms with Gasteiger partial charge in [0.25, 0.3) is 5.91 Å². The Morgan fingerprint density at radius 3 is 2.38 bits per heavy atom. The molecule has 1 unspecified atom stereocenters. The number of likely N-dealkylation sites (tertiary alicyclic amines) is 1. The van der Waals surface area contributed by atoms with Crippen molar-refractivity contribution in [1.29, 1.82) is 0 Å². The Balaban J connectivity index is 1.30. The van der Waals surface area contributed by atoms with E-state index in [1.165, 1.54) is 6.07 Å². The number of carbonyl (C=O) groups excluding carboxylic acids is 2. The van der Waals surface area contributed by atoms with E-state index in [1.807, 2.05) is 47.4 Å². The van der Waals surface area contributed by atoms with Gasteiger partial charge in [-0.1, -0.05) is 73.5 Å². The summed E-state index contributed by atoms with van der Waals surface area (Å²) in [4.78, 5) is 29.1. The summed E-state index contributed by atoms with van der Waals surface area (Å²) in [7, 11) is 0. The summed E-state index contributed by atoms with van der Waals surface area (Å²) in [5, 5.41) is 6.64. The molecule has 2 heterocycles. The highest BCUT2D eigenvalue weighted by molar-refractivity contribution is 5.95. The number of amides is 2. The number of rotatable bonds is 4. The maximum Gasteiger partial charge on any atom is 0.251 e. The van der Waals surface area contributed by atoms with Crippen LogP contribution in [0.25, 0.3) is 0 Å². The smallest absolute Gasteiger partial charge is 0.251 e. The van der Waals surface area contributed by atoms with Crippen LogP contribution in [0.1, 0.15) is 65.7 Å². The summed E-state index contributed by atoms with van der Waals surface area (Å²) in [6.45, 7) is 0.630. The van der Waals surface area contributed by atoms with Gasteiger partial charge in [0, 0.05) is 29.6 Å². The summed E-state index contributed by atoms with van der Waals surface area (Å²) in [5.41, 5.74) is 3.05. The molecule has 2 aliphatic heterocycles. The van der Waals surface area contributed by atoms with Crippen LogP contribution in [0, 0.1) is 17.7 Å². The highest BCUT2D eigenvalue weighted by atomic mass is 19.1. The zero-order chi connectivity index (χ0) is 25.4. The second kappa shape index (κ2) is 10.0. The zero-order valence-corrected chi connectivity index (χ0v) is 20.8. The number of nitrogens with zero attached hydrogens (tertiary/aromatic N) is 1. The van der Waals surface area contributed by atoms with E-state index in [0.717, 1.165) is 43.2 Å². The minimum absolute atomic E-state index is 0.0756. The van der Waals surface area contributed by atoms with Gasteiger partial charge in [-0.15, -0.1) is 0 Å². The van der Waals surface area contributed by atoms with E-state index in [4.69, 9.17) is 0 Å². The van der Waals surface area contributed by atoms with Crippen LogP contribution < -0.4 is 10.6 Å². The second-order valence-electron chi connectivity index (χ2n) is 10.5. The molecule has 1 saturated heterocycles. The van der Waals surface area contributed by atoms with Gasteiger partial charge in [-0.05, 0) is 43.0 Å². The molecule has 1 aliphatic carbocycles. The van der Waals surface area contributed by atoms with Crippen molar-refractivity contribution in [3.8, 4) is 0 Å². The molecule has 2 N–H and O–H groups in total. The molecule has 1 saturated carbocycles. The first-order valence-corrected chi connectivity index (χ1v) is 13.4. The molecule has 3 aromatic rings. The lowest BCUT2D eigenvalue weighted by atomic mass is 9.79. The van der Waals surface area contributed by atoms with Gasteiger partial charge < -0.3 is 15.5 Å². The van der Waals surface area contributed by atoms with Crippen LogP contribution in [0.3, 0.4) is 0 Å². The third-order valence-electron chi connectivity index (χ3n) is 8.41. The molecule has 0 aromatic heterocycles. The molecule has 6 rings (SSSR count). The van der Waals surface area contributed by atoms with E-state index in [2.05, 4.69) is 22.8 Å². The SMILES string of the molecule is O=C(NC1CCCC[C@@H]1C(=O)N1CC[C@H]2[C@@H](c3ccccc3)Nc3c(F)cccc3[C@H]21)c1ccccc1. The number of hydrogen-bond donors (Lipinski definition) is 2. The van der Waals surface area contributed by atoms with Crippen molar-refractivity contribution in [2.45, 2.75) is 50.2 Å². The van der Waals surface area contributed by atoms with Gasteiger partial charge in [-0.25, -0.2) is 4.39 Å². The lowest BCUT2D eigenvalue weighted by molar-refractivity contribution is -0.138. The lowest BCUT2D eigenvalue weighted by Gasteiger charge is -2.42. The van der Waals surface area contributed by atoms with E-state index < -0.39 is 0 Å². The molecular formula is C31H32FN3O2. The molecule has 0 spiro atoms. The van der Waals surface area contributed by atoms with Crippen LogP contribution in [0.2, 0.25) is 0 Å². The first-order valence-electron chi connectivity index (χ1n) is 13.4. The fourth-order valence-electron chi connectivity index (χ4n) is 6.66. The Morgan fingerprint density at radius 1 is 0.865 bits per heavy atom. The minimum atomic E-state index is -0.290. The maximum atomic E-state index is 15.1. The normalized spacial score (nSPS) is 26.5. The Morgan fingerprint density at radius 2 is 1.59 bits per heavy atom. The van der Waals surface area contributed by atoms with Gasteiger partial charge in [0.15, 0.2) is 0 Å². The van der Waals surface area contributed by atoms with E-state index in [1.54, 1.807) is 18.2 Å². The largest absolute Gasteiger partial charge is 0.375 e. The minimum Gasteiger partial charge on any atom is -0.375 e. The van der Waals surface area contributed by atoms with Gasteiger partial charge in [-0.2, -0.15) is 0 Å². The number of hydrogen-bond acceptors (Lipinski definition) is 3. The molecule has 5 nitrogen and oxygen atoms in total. The summed E-state index contributed by atoms with van der Waals surface area (Å²) < 4.78 is 15.1. The average molecular weight is 498 g/mol. The summed E-state index contributed by atoms with van der Waals surface area (Å²) in [6.07, 6.45) is 4.34. The Bertz CT molecular complexity index is 1280. The summed E-state index contributed by atoms with van der Waals surface area (Å²) in [5.74, 6) is -0.483. The van der Waals surface area contributed by atoms with E-state index >= 15 is 4.39 Å². The van der Waals surface area contributed by atoms with Crippen molar-refractivity contribution in [2.24, 2.45) is 11.8 Å². The number of benzene rings is 3. The van der Waals surface area contributed by atoms with Crippen LogP contribution in [0.5, 0.6) is 0 Å². The highest BCUT2D eigenvalue weighted by Gasteiger charge is 2.49. The van der Waals surface area contributed by atoms with Crippen molar-refractivity contribution in [1.82, 2.24) is 10.2 Å². The number of halogens is 1. The van der Waals surface area contributed by atoms with Crippen molar-refractivity contribution in [3.63, 3.8) is 0 Å². The van der Waals surface area contributed by atoms with Crippen LogP contribution >= 0.6 is 0 Å². The summed E-state index contributed by atoms with van der Waals surface area (Å²) in [6, 6.07) is 24.0. The summed E-state index contributed by atoms with van der Waals surface area (Å²) >= 11 is 0. The molecule has 0 radical (unpaired) electrons. The third kappa shape index (κ3) is 4.39. The number of anilines is 1. The van der Waals surface area contributed by atoms with Crippen LogP contribution in [0.4, 0.5) is 10.1 Å². The Hall–Kier alpha value is -3.67. The monoisotopic (exact) mass is 497 g/mol. The van der Waals surface area contributed by atoms with E-state index in [9.17, 15) is 9.59 Å². The zero-order valence-electron chi connectivity index (χ0n) is 20.8. The predicted octanol–water partition coefficient (Wildman–Crippen LogP) is 5.87. The standard InChI is InChI=1S/C31H32FN3O2/c32-25-16-9-15-23-28(25)34-27(20-10-3-1-4-11-20)24-18-19-35(29(23)24)31(37)22-14-7-8-17-26(22)33-30(36)21-12-5-2-6-13-21/h1-6,9-13,15-16,22,24,26-27,29,34H,7-8,14,17-19H2,(H,33,36)/t22-,24-,26?,27+,29+/m0/s1. The van der Waals surface area contributed by atoms with Crippen LogP contribution in [-0.4, -0.2) is 29.3 Å². The number of para-hydroxylation sites is 1. The average Bonchev–Trinajstić information content (AvgIpc) is 3.39. The Kier molecular flexibility index (Phi) is 6.41. The van der Waals surface area contributed by atoms with Crippen LogP contribution in [0.15, 0.2) is 78.9 Å². The second-order valence-corrected chi connectivity index (χ2v) is 10.5. The molecule has 0 bridgehead atoms. The van der Waals surface area contributed by atoms with Gasteiger partial charge >= 0.3 is 0 Å². The molecule has 3 aromatic carbocycles. The third-order valence-corrected chi connectivity index (χ3v) is 8.41. The molecule has 2 amide bonds. The maximum absolute atomic E-state index is 15.1. The van der Waals surface area contributed by atoms with Crippen LogP contribution in [-0.2, 0) is 4.79 Å². The van der Waals surface area contributed by atoms with Gasteiger partial charge in [-0.3, -0.25) is 9.59 Å². The van der Waals surface area contributed by atoms with Gasteiger partial charge in [0.05, 0.1) is 23.7 Å². The molecule has 3 aliphatic rings. The quantitative estimate of drug-likeness (QED) is 0.474. The fraction of sp³-hybridized carbons (Fsp3) is 0.355. The van der Waals surface area contributed by atoms with Gasteiger partial charge in [0.2, 0.25) is 5.91 Å². The predicted molar refractivity (Wildman–Crippen MR) is 141 cm³/mol. The molecular weight excluding hydrogens is 465 g/mol. The van der Waals surface area contributed by atoms with Crippen molar-refractivity contribution in [2.75, 3.05) is 11.9 Å². The first kappa shape index (κ1) is 23.7. The Labute approximate surface area is 217 Å². The number of carbonyl (C=O) groups is 2. The molecule has 37 heavy (non-hydrogen) atoms. The van der Waals surface area contributed by atoms with Gasteiger partial charge in [0.1, 0.15) is 5.82 Å². The first-order chi connectivity index (χ1) is 18.1. The van der Waals surface area contributed by atoms with E-state index in [-0.39, 0.29) is 47.6 Å². The number of nitrogens with one attached hydrogen (secondary N) is 2. The fourth-order valence-corrected chi connectivity index (χ4v) is 6.66. The highest BCUT2D eigenvalue weighted by Crippen LogP contribution is 2.52.